The molecule has 0 spiro atoms. The fraction of sp³-hybridized carbons (Fsp3) is 0.429. The van der Waals surface area contributed by atoms with Crippen LogP contribution in [0.5, 0.6) is 0 Å². The van der Waals surface area contributed by atoms with Gasteiger partial charge in [0.15, 0.2) is 0 Å². The molecule has 0 atom stereocenters. The number of rotatable bonds is 7. The number of nitrogens with one attached hydrogen (secondary N) is 2. The number of hydrogen-bond acceptors (Lipinski definition) is 5. The predicted molar refractivity (Wildman–Crippen MR) is 75.9 cm³/mol. The molecule has 1 aromatic rings. The van der Waals surface area contributed by atoms with Crippen LogP contribution in [0.1, 0.15) is 15.9 Å². The highest BCUT2D eigenvalue weighted by molar-refractivity contribution is 5.97. The van der Waals surface area contributed by atoms with Crippen molar-refractivity contribution in [1.82, 2.24) is 5.32 Å². The molecule has 0 saturated heterocycles. The molecule has 1 amide bonds. The molecule has 0 fully saturated rings. The smallest absolute Gasteiger partial charge is 0.338 e. The number of carbonyl (C=O) groups excluding carboxylic acids is 2. The molecule has 0 unspecified atom stereocenters. The minimum Gasteiger partial charge on any atom is -0.465 e. The predicted octanol–water partition coefficient (Wildman–Crippen LogP) is 0.956. The Balaban J connectivity index is 2.64. The number of methoxy groups -OCH3 is 2. The summed E-state index contributed by atoms with van der Waals surface area (Å²) in [6.07, 6.45) is 0. The van der Waals surface area contributed by atoms with Crippen LogP contribution < -0.4 is 10.6 Å². The van der Waals surface area contributed by atoms with E-state index in [0.29, 0.717) is 30.0 Å². The molecule has 20 heavy (non-hydrogen) atoms. The molecule has 1 aromatic carbocycles. The van der Waals surface area contributed by atoms with Crippen molar-refractivity contribution in [2.75, 3.05) is 39.2 Å². The van der Waals surface area contributed by atoms with Gasteiger partial charge in [-0.3, -0.25) is 4.79 Å². The molecule has 2 N–H and O–H groups in total. The second kappa shape index (κ2) is 8.29. The van der Waals surface area contributed by atoms with Gasteiger partial charge in [0.1, 0.15) is 0 Å². The van der Waals surface area contributed by atoms with E-state index in [-0.39, 0.29) is 12.5 Å². The molecule has 0 aliphatic carbocycles. The van der Waals surface area contributed by atoms with Crippen molar-refractivity contribution in [3.63, 3.8) is 0 Å². The number of hydrogen-bond donors (Lipinski definition) is 2. The SMILES string of the molecule is COCCNCC(=O)Nc1cccc(C(=O)OC)c1C. The van der Waals surface area contributed by atoms with Crippen LogP contribution in [0.25, 0.3) is 0 Å². The minimum absolute atomic E-state index is 0.175. The maximum absolute atomic E-state index is 11.7. The number of anilines is 1. The fourth-order valence-electron chi connectivity index (χ4n) is 1.67. The van der Waals surface area contributed by atoms with Crippen LogP contribution in [-0.2, 0) is 14.3 Å². The molecule has 6 nitrogen and oxygen atoms in total. The molecular formula is C14H20N2O4. The zero-order chi connectivity index (χ0) is 15.0. The van der Waals surface area contributed by atoms with Crippen LogP contribution in [0.4, 0.5) is 5.69 Å². The normalized spacial score (nSPS) is 10.2. The summed E-state index contributed by atoms with van der Waals surface area (Å²) in [6, 6.07) is 5.11. The van der Waals surface area contributed by atoms with Crippen molar-refractivity contribution in [2.45, 2.75) is 6.92 Å². The molecule has 0 bridgehead atoms. The Kier molecular flexibility index (Phi) is 6.69. The highest BCUT2D eigenvalue weighted by Gasteiger charge is 2.13. The lowest BCUT2D eigenvalue weighted by Crippen LogP contribution is -2.30. The number of benzene rings is 1. The first kappa shape index (κ1) is 16.1. The Morgan fingerprint density at radius 3 is 2.65 bits per heavy atom. The molecule has 0 saturated carbocycles. The van der Waals surface area contributed by atoms with Crippen molar-refractivity contribution in [2.24, 2.45) is 0 Å². The summed E-state index contributed by atoms with van der Waals surface area (Å²) in [6.45, 7) is 3.10. The molecule has 0 aliphatic rings. The van der Waals surface area contributed by atoms with Crippen molar-refractivity contribution in [3.8, 4) is 0 Å². The summed E-state index contributed by atoms with van der Waals surface area (Å²) in [4.78, 5) is 23.3. The average Bonchev–Trinajstić information content (AvgIpc) is 2.45. The van der Waals surface area contributed by atoms with E-state index in [4.69, 9.17) is 9.47 Å². The van der Waals surface area contributed by atoms with Crippen molar-refractivity contribution in [3.05, 3.63) is 29.3 Å². The van der Waals surface area contributed by atoms with Gasteiger partial charge >= 0.3 is 5.97 Å². The molecule has 0 aliphatic heterocycles. The third-order valence-electron chi connectivity index (χ3n) is 2.78. The van der Waals surface area contributed by atoms with Gasteiger partial charge in [-0.25, -0.2) is 4.79 Å². The Labute approximate surface area is 118 Å². The van der Waals surface area contributed by atoms with Crippen LogP contribution in [0.15, 0.2) is 18.2 Å². The molecule has 6 heteroatoms. The van der Waals surface area contributed by atoms with Gasteiger partial charge in [-0.2, -0.15) is 0 Å². The van der Waals surface area contributed by atoms with Crippen molar-refractivity contribution in [1.29, 1.82) is 0 Å². The lowest BCUT2D eigenvalue weighted by Gasteiger charge is -2.11. The zero-order valence-corrected chi connectivity index (χ0v) is 12.0. The number of amides is 1. The highest BCUT2D eigenvalue weighted by Crippen LogP contribution is 2.19. The van der Waals surface area contributed by atoms with Crippen LogP contribution in [0.2, 0.25) is 0 Å². The molecular weight excluding hydrogens is 260 g/mol. The van der Waals surface area contributed by atoms with E-state index in [2.05, 4.69) is 10.6 Å². The van der Waals surface area contributed by atoms with E-state index < -0.39 is 5.97 Å². The monoisotopic (exact) mass is 280 g/mol. The molecule has 1 rings (SSSR count). The first-order chi connectivity index (χ1) is 9.60. The van der Waals surface area contributed by atoms with Gasteiger partial charge in [0.05, 0.1) is 25.8 Å². The number of carbonyl (C=O) groups is 2. The lowest BCUT2D eigenvalue weighted by molar-refractivity contribution is -0.115. The standard InChI is InChI=1S/C14H20N2O4/c1-10-11(14(18)20-3)5-4-6-12(10)16-13(17)9-15-7-8-19-2/h4-6,15H,7-9H2,1-3H3,(H,16,17). The summed E-state index contributed by atoms with van der Waals surface area (Å²) in [5.74, 6) is -0.594. The van der Waals surface area contributed by atoms with Crippen LogP contribution >= 0.6 is 0 Å². The quantitative estimate of drug-likeness (QED) is 0.574. The summed E-state index contributed by atoms with van der Waals surface area (Å²) in [5, 5.41) is 5.70. The molecule has 0 heterocycles. The topological polar surface area (TPSA) is 76.7 Å². The average molecular weight is 280 g/mol. The van der Waals surface area contributed by atoms with Crippen molar-refractivity contribution < 1.29 is 19.1 Å². The lowest BCUT2D eigenvalue weighted by atomic mass is 10.1. The Hall–Kier alpha value is -1.92. The van der Waals surface area contributed by atoms with E-state index in [0.717, 1.165) is 0 Å². The van der Waals surface area contributed by atoms with E-state index in [1.165, 1.54) is 7.11 Å². The van der Waals surface area contributed by atoms with E-state index in [9.17, 15) is 9.59 Å². The third-order valence-corrected chi connectivity index (χ3v) is 2.78. The van der Waals surface area contributed by atoms with Crippen molar-refractivity contribution >= 4 is 17.6 Å². The summed E-state index contributed by atoms with van der Waals surface area (Å²) < 4.78 is 9.56. The van der Waals surface area contributed by atoms with E-state index >= 15 is 0 Å². The summed E-state index contributed by atoms with van der Waals surface area (Å²) in [7, 11) is 2.93. The summed E-state index contributed by atoms with van der Waals surface area (Å²) in [5.41, 5.74) is 1.73. The first-order valence-electron chi connectivity index (χ1n) is 6.27. The van der Waals surface area contributed by atoms with E-state index in [1.54, 1.807) is 32.2 Å². The van der Waals surface area contributed by atoms with Gasteiger partial charge in [0.25, 0.3) is 0 Å². The maximum atomic E-state index is 11.7. The maximum Gasteiger partial charge on any atom is 0.338 e. The van der Waals surface area contributed by atoms with Crippen LogP contribution in [0, 0.1) is 6.92 Å². The van der Waals surface area contributed by atoms with E-state index in [1.807, 2.05) is 0 Å². The molecule has 0 aromatic heterocycles. The van der Waals surface area contributed by atoms with Crippen LogP contribution in [-0.4, -0.2) is 45.8 Å². The van der Waals surface area contributed by atoms with Gasteiger partial charge in [-0.1, -0.05) is 6.07 Å². The highest BCUT2D eigenvalue weighted by atomic mass is 16.5. The van der Waals surface area contributed by atoms with Gasteiger partial charge in [0, 0.05) is 19.3 Å². The Bertz CT molecular complexity index is 474. The largest absolute Gasteiger partial charge is 0.465 e. The van der Waals surface area contributed by atoms with Gasteiger partial charge in [-0.05, 0) is 24.6 Å². The first-order valence-corrected chi connectivity index (χ1v) is 6.27. The minimum atomic E-state index is -0.420. The molecule has 110 valence electrons. The summed E-state index contributed by atoms with van der Waals surface area (Å²) >= 11 is 0. The second-order valence-corrected chi connectivity index (χ2v) is 4.19. The van der Waals surface area contributed by atoms with Crippen LogP contribution in [0.3, 0.4) is 0 Å². The van der Waals surface area contributed by atoms with Gasteiger partial charge in [0.2, 0.25) is 5.91 Å². The molecule has 0 radical (unpaired) electrons. The number of esters is 1. The Morgan fingerprint density at radius 2 is 2.00 bits per heavy atom. The van der Waals surface area contributed by atoms with Gasteiger partial charge in [-0.15, -0.1) is 0 Å². The number of ether oxygens (including phenoxy) is 2. The zero-order valence-electron chi connectivity index (χ0n) is 12.0. The Morgan fingerprint density at radius 1 is 1.25 bits per heavy atom. The fourth-order valence-corrected chi connectivity index (χ4v) is 1.67. The third kappa shape index (κ3) is 4.64. The second-order valence-electron chi connectivity index (χ2n) is 4.19. The van der Waals surface area contributed by atoms with Gasteiger partial charge < -0.3 is 20.1 Å².